The van der Waals surface area contributed by atoms with Crippen LogP contribution in [0.3, 0.4) is 0 Å². The van der Waals surface area contributed by atoms with Gasteiger partial charge in [-0.15, -0.1) is 4.36 Å². The van der Waals surface area contributed by atoms with Gasteiger partial charge in [0.2, 0.25) is 0 Å². The molecule has 0 aliphatic heterocycles. The van der Waals surface area contributed by atoms with Crippen LogP contribution in [0.2, 0.25) is 0 Å². The molecule has 0 spiro atoms. The quantitative estimate of drug-likeness (QED) is 0.439. The molecule has 1 aromatic heterocycles. The SMILES string of the molecule is Cc1nn(Cc2ccc([SH](C)(O)=NC(=O)O)cc2)c(C)c1[N+](=O)[O-]. The van der Waals surface area contributed by atoms with Crippen LogP contribution in [-0.4, -0.2) is 36.7 Å². The molecular formula is C14H18N4O5S. The molecule has 1 heterocycles. The van der Waals surface area contributed by atoms with Crippen LogP contribution in [0.15, 0.2) is 33.5 Å². The minimum absolute atomic E-state index is 0.000683. The smallest absolute Gasteiger partial charge is 0.437 e. The predicted molar refractivity (Wildman–Crippen MR) is 89.9 cm³/mol. The number of aryl methyl sites for hydroxylation is 1. The highest BCUT2D eigenvalue weighted by Gasteiger charge is 2.21. The Balaban J connectivity index is 2.29. The summed E-state index contributed by atoms with van der Waals surface area (Å²) in [7, 11) is -3.07. The number of rotatable bonds is 4. The maximum atomic E-state index is 11.0. The molecule has 1 amide bonds. The summed E-state index contributed by atoms with van der Waals surface area (Å²) >= 11 is 0. The first-order valence-electron chi connectivity index (χ1n) is 6.95. The average Bonchev–Trinajstić information content (AvgIpc) is 2.72. The Morgan fingerprint density at radius 1 is 1.38 bits per heavy atom. The van der Waals surface area contributed by atoms with Gasteiger partial charge in [-0.25, -0.2) is 4.79 Å². The minimum atomic E-state index is -3.07. The molecule has 0 fully saturated rings. The van der Waals surface area contributed by atoms with Gasteiger partial charge in [-0.2, -0.15) is 5.10 Å². The fourth-order valence-corrected chi connectivity index (χ4v) is 3.55. The molecule has 0 aliphatic rings. The first kappa shape index (κ1) is 17.8. The number of aromatic nitrogens is 2. The van der Waals surface area contributed by atoms with E-state index in [-0.39, 0.29) is 5.69 Å². The zero-order chi connectivity index (χ0) is 18.1. The Morgan fingerprint density at radius 3 is 2.42 bits per heavy atom. The van der Waals surface area contributed by atoms with Crippen molar-refractivity contribution in [2.24, 2.45) is 4.36 Å². The van der Waals surface area contributed by atoms with Crippen LogP contribution in [0.5, 0.6) is 0 Å². The van der Waals surface area contributed by atoms with Gasteiger partial charge < -0.3 is 9.66 Å². The van der Waals surface area contributed by atoms with E-state index in [9.17, 15) is 19.5 Å². The van der Waals surface area contributed by atoms with Gasteiger partial charge in [0.05, 0.1) is 11.5 Å². The number of nitrogens with zero attached hydrogens (tertiary/aromatic N) is 4. The van der Waals surface area contributed by atoms with Crippen LogP contribution >= 0.6 is 0 Å². The van der Waals surface area contributed by atoms with Crippen molar-refractivity contribution in [2.45, 2.75) is 25.3 Å². The lowest BCUT2D eigenvalue weighted by Gasteiger charge is -2.17. The second kappa shape index (κ2) is 6.49. The maximum absolute atomic E-state index is 11.0. The third-order valence-electron chi connectivity index (χ3n) is 3.56. The minimum Gasteiger partial charge on any atom is -0.463 e. The van der Waals surface area contributed by atoms with Gasteiger partial charge in [0.1, 0.15) is 11.4 Å². The number of carbonyl (C=O) groups is 1. The number of hydrogen-bond acceptors (Lipinski definition) is 4. The molecule has 24 heavy (non-hydrogen) atoms. The highest BCUT2D eigenvalue weighted by molar-refractivity contribution is 7.99. The zero-order valence-electron chi connectivity index (χ0n) is 13.4. The molecule has 10 heteroatoms. The van der Waals surface area contributed by atoms with E-state index in [4.69, 9.17) is 5.11 Å². The van der Waals surface area contributed by atoms with E-state index in [1.54, 1.807) is 38.1 Å². The Kier molecular flexibility index (Phi) is 4.81. The Hall–Kier alpha value is -2.59. The van der Waals surface area contributed by atoms with Crippen LogP contribution in [-0.2, 0) is 16.7 Å². The Labute approximate surface area is 139 Å². The number of amides is 1. The normalized spacial score (nSPS) is 12.0. The van der Waals surface area contributed by atoms with Gasteiger partial charge in [-0.1, -0.05) is 22.2 Å². The van der Waals surface area contributed by atoms with Crippen molar-refractivity contribution >= 4 is 21.9 Å². The number of carboxylic acid groups (broad SMARTS) is 1. The standard InChI is InChI=1S/C14H18N4O5S/c1-9-13(18(21)22)10(2)17(15-9)8-11-4-6-12(7-5-11)24(3,23)16-14(19)20/h4-7,24H,8H2,1-3H3,(H,16,23)(H,19,20). The maximum Gasteiger partial charge on any atom is 0.437 e. The zero-order valence-corrected chi connectivity index (χ0v) is 14.3. The lowest BCUT2D eigenvalue weighted by atomic mass is 10.2. The monoisotopic (exact) mass is 354 g/mol. The van der Waals surface area contributed by atoms with E-state index in [0.29, 0.717) is 22.8 Å². The molecule has 2 N–H and O–H groups in total. The van der Waals surface area contributed by atoms with E-state index >= 15 is 0 Å². The molecule has 0 radical (unpaired) electrons. The molecule has 0 bridgehead atoms. The third kappa shape index (κ3) is 3.66. The van der Waals surface area contributed by atoms with E-state index in [0.717, 1.165) is 5.56 Å². The van der Waals surface area contributed by atoms with Crippen molar-refractivity contribution in [2.75, 3.05) is 6.26 Å². The van der Waals surface area contributed by atoms with Gasteiger partial charge in [0.15, 0.2) is 0 Å². The summed E-state index contributed by atoms with van der Waals surface area (Å²) in [6.45, 7) is 3.55. The van der Waals surface area contributed by atoms with Crippen LogP contribution < -0.4 is 0 Å². The van der Waals surface area contributed by atoms with Gasteiger partial charge in [0, 0.05) is 4.90 Å². The van der Waals surface area contributed by atoms with Gasteiger partial charge in [-0.3, -0.25) is 14.8 Å². The second-order valence-corrected chi connectivity index (χ2v) is 7.94. The van der Waals surface area contributed by atoms with E-state index in [1.165, 1.54) is 10.9 Å². The van der Waals surface area contributed by atoms with Crippen molar-refractivity contribution in [3.05, 3.63) is 51.3 Å². The highest BCUT2D eigenvalue weighted by Crippen LogP contribution is 2.23. The molecule has 130 valence electrons. The summed E-state index contributed by atoms with van der Waals surface area (Å²) in [5.74, 6) is 0. The van der Waals surface area contributed by atoms with Gasteiger partial charge >= 0.3 is 11.8 Å². The highest BCUT2D eigenvalue weighted by atomic mass is 32.3. The topological polar surface area (TPSA) is 131 Å². The van der Waals surface area contributed by atoms with E-state index < -0.39 is 21.1 Å². The van der Waals surface area contributed by atoms with Crippen molar-refractivity contribution in [1.82, 2.24) is 9.78 Å². The largest absolute Gasteiger partial charge is 0.463 e. The van der Waals surface area contributed by atoms with E-state index in [2.05, 4.69) is 9.46 Å². The van der Waals surface area contributed by atoms with Gasteiger partial charge in [-0.05, 0) is 37.8 Å². The van der Waals surface area contributed by atoms with Crippen LogP contribution in [0.1, 0.15) is 17.0 Å². The summed E-state index contributed by atoms with van der Waals surface area (Å²) in [6.07, 6.45) is -0.0205. The van der Waals surface area contributed by atoms with Crippen molar-refractivity contribution in [3.8, 4) is 0 Å². The molecule has 0 aliphatic carbocycles. The first-order valence-corrected chi connectivity index (χ1v) is 9.09. The summed E-state index contributed by atoms with van der Waals surface area (Å²) in [4.78, 5) is 21.7. The Bertz CT molecular complexity index is 851. The number of benzene rings is 1. The lowest BCUT2D eigenvalue weighted by molar-refractivity contribution is -0.386. The molecule has 0 saturated carbocycles. The summed E-state index contributed by atoms with van der Waals surface area (Å²) in [5, 5.41) is 23.9. The molecular weight excluding hydrogens is 336 g/mol. The first-order chi connectivity index (χ1) is 11.1. The molecule has 0 saturated heterocycles. The average molecular weight is 354 g/mol. The second-order valence-electron chi connectivity index (χ2n) is 5.40. The summed E-state index contributed by atoms with van der Waals surface area (Å²) < 4.78 is 15.0. The predicted octanol–water partition coefficient (Wildman–Crippen LogP) is 2.67. The molecule has 1 aromatic carbocycles. The Morgan fingerprint density at radius 2 is 1.96 bits per heavy atom. The van der Waals surface area contributed by atoms with Gasteiger partial charge in [0.25, 0.3) is 0 Å². The van der Waals surface area contributed by atoms with E-state index in [1.807, 2.05) is 0 Å². The summed E-state index contributed by atoms with van der Waals surface area (Å²) in [5.41, 5.74) is 1.63. The number of nitro groups is 1. The molecule has 0 atom stereocenters. The molecule has 9 nitrogen and oxygen atoms in total. The number of hydrogen-bond donors (Lipinski definition) is 3. The van der Waals surface area contributed by atoms with Crippen molar-refractivity contribution < 1.29 is 19.4 Å². The van der Waals surface area contributed by atoms with Crippen LogP contribution in [0, 0.1) is 24.0 Å². The fraction of sp³-hybridized carbons (Fsp3) is 0.286. The third-order valence-corrected chi connectivity index (χ3v) is 5.40. The molecule has 2 rings (SSSR count). The fourth-order valence-electron chi connectivity index (χ4n) is 2.39. The van der Waals surface area contributed by atoms with Crippen molar-refractivity contribution in [3.63, 3.8) is 0 Å². The van der Waals surface area contributed by atoms with Crippen LogP contribution in [0.25, 0.3) is 0 Å². The molecule has 0 unspecified atom stereocenters. The molecule has 2 aromatic rings. The summed E-state index contributed by atoms with van der Waals surface area (Å²) in [6, 6.07) is 6.64. The van der Waals surface area contributed by atoms with Crippen molar-refractivity contribution in [1.29, 1.82) is 0 Å². The lowest BCUT2D eigenvalue weighted by Crippen LogP contribution is -2.11. The number of thiol groups is 1. The van der Waals surface area contributed by atoms with Crippen LogP contribution in [0.4, 0.5) is 10.5 Å².